The molecule has 1 heterocycles. The van der Waals surface area contributed by atoms with E-state index in [-0.39, 0.29) is 17.8 Å². The summed E-state index contributed by atoms with van der Waals surface area (Å²) in [4.78, 5) is 20.0. The summed E-state index contributed by atoms with van der Waals surface area (Å²) < 4.78 is 5.30. The smallest absolute Gasteiger partial charge is 0.191 e. The number of methoxy groups -OCH3 is 1. The second-order valence-corrected chi connectivity index (χ2v) is 7.47. The molecule has 28 heavy (non-hydrogen) atoms. The maximum atomic E-state index is 13.5. The first-order valence-corrected chi connectivity index (χ1v) is 9.44. The Balaban J connectivity index is 1.68. The quantitative estimate of drug-likeness (QED) is 0.655. The SMILES string of the molecule is COc1ccc(C2ON(c3ccccc3)[C@]3(C)C(=O)c4ccccc4[C@H]23)cc1. The van der Waals surface area contributed by atoms with Crippen LogP contribution in [0.25, 0.3) is 0 Å². The maximum Gasteiger partial charge on any atom is 0.191 e. The second-order valence-electron chi connectivity index (χ2n) is 7.47. The summed E-state index contributed by atoms with van der Waals surface area (Å²) in [6.07, 6.45) is -0.260. The lowest BCUT2D eigenvalue weighted by molar-refractivity contribution is 0.0652. The summed E-state index contributed by atoms with van der Waals surface area (Å²) in [5.41, 5.74) is 2.95. The van der Waals surface area contributed by atoms with Crippen LogP contribution in [0.5, 0.6) is 5.75 Å². The van der Waals surface area contributed by atoms with Crippen molar-refractivity contribution < 1.29 is 14.4 Å². The highest BCUT2D eigenvalue weighted by Gasteiger charge is 2.62. The minimum Gasteiger partial charge on any atom is -0.497 e. The molecule has 0 N–H and O–H groups in total. The van der Waals surface area contributed by atoms with Crippen LogP contribution in [-0.2, 0) is 4.84 Å². The van der Waals surface area contributed by atoms with Crippen molar-refractivity contribution in [3.63, 3.8) is 0 Å². The third-order valence-electron chi connectivity index (χ3n) is 5.98. The van der Waals surface area contributed by atoms with Crippen LogP contribution in [-0.4, -0.2) is 18.4 Å². The maximum absolute atomic E-state index is 13.5. The molecule has 1 saturated heterocycles. The molecule has 4 nitrogen and oxygen atoms in total. The van der Waals surface area contributed by atoms with Crippen LogP contribution in [0.4, 0.5) is 5.69 Å². The van der Waals surface area contributed by atoms with E-state index in [0.29, 0.717) is 0 Å². The standard InChI is InChI=1S/C24H21NO3/c1-24-21(19-10-6-7-11-20(19)23(24)26)22(16-12-14-18(27-2)15-13-16)28-25(24)17-8-4-3-5-9-17/h3-15,21-22H,1-2H3/t21-,22?,24+/m1/s1. The first-order valence-electron chi connectivity index (χ1n) is 9.44. The second kappa shape index (κ2) is 6.21. The van der Waals surface area contributed by atoms with E-state index in [1.807, 2.05) is 84.8 Å². The Labute approximate surface area is 164 Å². The molecule has 1 unspecified atom stereocenters. The molecule has 2 aliphatic rings. The van der Waals surface area contributed by atoms with Gasteiger partial charge in [-0.2, -0.15) is 0 Å². The molecule has 1 fully saturated rings. The molecule has 140 valence electrons. The van der Waals surface area contributed by atoms with Gasteiger partial charge >= 0.3 is 0 Å². The Morgan fingerprint density at radius 2 is 1.61 bits per heavy atom. The number of Topliss-reactive ketones (excluding diaryl/α,β-unsaturated/α-hetero) is 1. The average molecular weight is 371 g/mol. The van der Waals surface area contributed by atoms with Crippen molar-refractivity contribution in [3.05, 3.63) is 95.6 Å². The Kier molecular flexibility index (Phi) is 3.78. The highest BCUT2D eigenvalue weighted by atomic mass is 16.7. The molecule has 0 spiro atoms. The van der Waals surface area contributed by atoms with Crippen LogP contribution < -0.4 is 9.80 Å². The van der Waals surface area contributed by atoms with Crippen LogP contribution >= 0.6 is 0 Å². The minimum atomic E-state index is -0.796. The first kappa shape index (κ1) is 17.0. The number of carbonyl (C=O) groups excluding carboxylic acids is 1. The Hall–Kier alpha value is -3.11. The summed E-state index contributed by atoms with van der Waals surface area (Å²) in [5, 5.41) is 1.81. The molecule has 0 amide bonds. The molecule has 0 bridgehead atoms. The van der Waals surface area contributed by atoms with Gasteiger partial charge in [0.1, 0.15) is 17.4 Å². The topological polar surface area (TPSA) is 38.8 Å². The monoisotopic (exact) mass is 371 g/mol. The fourth-order valence-corrected chi connectivity index (χ4v) is 4.59. The van der Waals surface area contributed by atoms with Crippen LogP contribution in [0.2, 0.25) is 0 Å². The third-order valence-corrected chi connectivity index (χ3v) is 5.98. The van der Waals surface area contributed by atoms with Crippen molar-refractivity contribution in [1.82, 2.24) is 0 Å². The largest absolute Gasteiger partial charge is 0.497 e. The van der Waals surface area contributed by atoms with E-state index in [4.69, 9.17) is 9.57 Å². The zero-order valence-electron chi connectivity index (χ0n) is 15.8. The fraction of sp³-hybridized carbons (Fsp3) is 0.208. The number of hydrogen-bond donors (Lipinski definition) is 0. The van der Waals surface area contributed by atoms with E-state index < -0.39 is 5.54 Å². The molecular weight excluding hydrogens is 350 g/mol. The minimum absolute atomic E-state index is 0.0928. The van der Waals surface area contributed by atoms with Crippen molar-refractivity contribution in [2.75, 3.05) is 12.2 Å². The molecule has 1 aliphatic carbocycles. The lowest BCUT2D eigenvalue weighted by Gasteiger charge is -2.32. The van der Waals surface area contributed by atoms with E-state index in [1.165, 1.54) is 0 Å². The van der Waals surface area contributed by atoms with Gasteiger partial charge < -0.3 is 4.74 Å². The number of anilines is 1. The number of nitrogens with zero attached hydrogens (tertiary/aromatic N) is 1. The number of benzene rings is 3. The Morgan fingerprint density at radius 1 is 0.929 bits per heavy atom. The van der Waals surface area contributed by atoms with Crippen molar-refractivity contribution in [2.24, 2.45) is 0 Å². The molecule has 0 radical (unpaired) electrons. The lowest BCUT2D eigenvalue weighted by atomic mass is 9.80. The molecular formula is C24H21NO3. The third kappa shape index (κ3) is 2.25. The van der Waals surface area contributed by atoms with Gasteiger partial charge in [0.25, 0.3) is 0 Å². The summed E-state index contributed by atoms with van der Waals surface area (Å²) in [7, 11) is 1.65. The molecule has 1 aliphatic heterocycles. The van der Waals surface area contributed by atoms with Gasteiger partial charge in [0, 0.05) is 5.56 Å². The zero-order valence-corrected chi connectivity index (χ0v) is 15.8. The molecule has 3 aromatic rings. The van der Waals surface area contributed by atoms with Crippen molar-refractivity contribution >= 4 is 11.5 Å². The number of ether oxygens (including phenoxy) is 1. The van der Waals surface area contributed by atoms with Gasteiger partial charge in [0.05, 0.1) is 18.7 Å². The molecule has 4 heteroatoms. The van der Waals surface area contributed by atoms with Crippen molar-refractivity contribution in [3.8, 4) is 5.75 Å². The van der Waals surface area contributed by atoms with E-state index >= 15 is 0 Å². The number of hydroxylamine groups is 1. The molecule has 5 rings (SSSR count). The van der Waals surface area contributed by atoms with E-state index in [2.05, 4.69) is 6.07 Å². The van der Waals surface area contributed by atoms with Crippen LogP contribution in [0, 0.1) is 0 Å². The van der Waals surface area contributed by atoms with Crippen LogP contribution in [0.3, 0.4) is 0 Å². The number of hydrogen-bond acceptors (Lipinski definition) is 4. The number of para-hydroxylation sites is 1. The van der Waals surface area contributed by atoms with Gasteiger partial charge in [-0.3, -0.25) is 9.63 Å². The first-order chi connectivity index (χ1) is 13.6. The lowest BCUT2D eigenvalue weighted by Crippen LogP contribution is -2.47. The summed E-state index contributed by atoms with van der Waals surface area (Å²) in [6.45, 7) is 2.00. The van der Waals surface area contributed by atoms with Crippen LogP contribution in [0.1, 0.15) is 40.4 Å². The Morgan fingerprint density at radius 3 is 2.32 bits per heavy atom. The predicted molar refractivity (Wildman–Crippen MR) is 108 cm³/mol. The number of fused-ring (bicyclic) bond motifs is 3. The summed E-state index contributed by atoms with van der Waals surface area (Å²) in [5.74, 6) is 0.810. The molecule has 3 atom stereocenters. The fourth-order valence-electron chi connectivity index (χ4n) is 4.59. The van der Waals surface area contributed by atoms with E-state index in [0.717, 1.165) is 28.1 Å². The van der Waals surface area contributed by atoms with Crippen LogP contribution in [0.15, 0.2) is 78.9 Å². The average Bonchev–Trinajstić information content (AvgIpc) is 3.18. The van der Waals surface area contributed by atoms with E-state index in [9.17, 15) is 4.79 Å². The zero-order chi connectivity index (χ0) is 19.3. The molecule has 3 aromatic carbocycles. The number of rotatable bonds is 3. The van der Waals surface area contributed by atoms with Gasteiger partial charge in [0.2, 0.25) is 0 Å². The predicted octanol–water partition coefficient (Wildman–Crippen LogP) is 4.93. The normalized spacial score (nSPS) is 25.5. The molecule has 0 saturated carbocycles. The number of carbonyl (C=O) groups is 1. The summed E-state index contributed by atoms with van der Waals surface area (Å²) in [6, 6.07) is 25.7. The van der Waals surface area contributed by atoms with Crippen molar-refractivity contribution in [2.45, 2.75) is 24.5 Å². The van der Waals surface area contributed by atoms with Gasteiger partial charge in [-0.25, -0.2) is 5.06 Å². The van der Waals surface area contributed by atoms with Gasteiger partial charge in [-0.1, -0.05) is 54.6 Å². The number of ketones is 1. The highest BCUT2D eigenvalue weighted by Crippen LogP contribution is 2.58. The highest BCUT2D eigenvalue weighted by molar-refractivity contribution is 6.10. The van der Waals surface area contributed by atoms with Gasteiger partial charge in [-0.15, -0.1) is 0 Å². The summed E-state index contributed by atoms with van der Waals surface area (Å²) >= 11 is 0. The van der Waals surface area contributed by atoms with Gasteiger partial charge in [0.15, 0.2) is 5.78 Å². The van der Waals surface area contributed by atoms with E-state index in [1.54, 1.807) is 7.11 Å². The van der Waals surface area contributed by atoms with Crippen molar-refractivity contribution in [1.29, 1.82) is 0 Å². The molecule has 0 aromatic heterocycles. The Bertz CT molecular complexity index is 1030. The van der Waals surface area contributed by atoms with Gasteiger partial charge in [-0.05, 0) is 42.3 Å².